The summed E-state index contributed by atoms with van der Waals surface area (Å²) < 4.78 is 5.88. The average Bonchev–Trinajstić information content (AvgIpc) is 3.16. The summed E-state index contributed by atoms with van der Waals surface area (Å²) in [7, 11) is 0. The monoisotopic (exact) mass is 764 g/mol. The van der Waals surface area contributed by atoms with E-state index in [4.69, 9.17) is 4.74 Å². The molecule has 0 aliphatic heterocycles. The number of nitrogens with one attached hydrogen (secondary N) is 1. The fourth-order valence-electron chi connectivity index (χ4n) is 7.41. The van der Waals surface area contributed by atoms with E-state index in [2.05, 4.69) is 38.2 Å². The van der Waals surface area contributed by atoms with Crippen molar-refractivity contribution in [3.63, 3.8) is 0 Å². The van der Waals surface area contributed by atoms with Crippen molar-refractivity contribution in [2.45, 2.75) is 277 Å². The molecule has 3 unspecified atom stereocenters. The molecule has 0 radical (unpaired) electrons. The van der Waals surface area contributed by atoms with Crippen molar-refractivity contribution >= 4 is 11.9 Å². The van der Waals surface area contributed by atoms with Gasteiger partial charge in [0.2, 0.25) is 5.91 Å². The Bertz CT molecular complexity index is 817. The van der Waals surface area contributed by atoms with E-state index < -0.39 is 18.2 Å². The second-order valence-corrected chi connectivity index (χ2v) is 16.5. The summed E-state index contributed by atoms with van der Waals surface area (Å²) in [6.45, 7) is 6.43. The van der Waals surface area contributed by atoms with E-state index in [0.717, 1.165) is 64.2 Å². The van der Waals surface area contributed by atoms with Crippen LogP contribution in [0.2, 0.25) is 0 Å². The highest BCUT2D eigenvalue weighted by Crippen LogP contribution is 2.18. The summed E-state index contributed by atoms with van der Waals surface area (Å²) in [6.07, 6.45) is 45.6. The standard InChI is InChI=1S/C48H93NO5/c1-4-7-10-13-16-19-21-22-23-24-26-28-31-34-37-40-46(51)45(43-50)49-47(52)42-44(39-36-33-30-27-18-15-12-9-6-3)54-48(53)41-38-35-32-29-25-20-17-14-11-8-5-2/h15,18,44-46,50-51H,4-14,16-17,19-43H2,1-3H3,(H,49,52)/b18-15-. The summed E-state index contributed by atoms with van der Waals surface area (Å²) in [5.74, 6) is -0.481. The molecule has 0 bridgehead atoms. The fraction of sp³-hybridized carbons (Fsp3) is 0.917. The lowest BCUT2D eigenvalue weighted by atomic mass is 10.0. The molecule has 54 heavy (non-hydrogen) atoms. The highest BCUT2D eigenvalue weighted by atomic mass is 16.5. The van der Waals surface area contributed by atoms with Crippen LogP contribution in [0.25, 0.3) is 0 Å². The maximum absolute atomic E-state index is 13.1. The first-order valence-corrected chi connectivity index (χ1v) is 23.9. The molecule has 3 N–H and O–H groups in total. The molecule has 0 aliphatic carbocycles. The summed E-state index contributed by atoms with van der Waals surface area (Å²) in [4.78, 5) is 25.9. The molecule has 1 amide bonds. The third kappa shape index (κ3) is 37.5. The number of amides is 1. The Morgan fingerprint density at radius 3 is 1.37 bits per heavy atom. The summed E-state index contributed by atoms with van der Waals surface area (Å²) in [5, 5.41) is 23.7. The molecular formula is C48H93NO5. The van der Waals surface area contributed by atoms with Gasteiger partial charge in [0.1, 0.15) is 6.10 Å². The first kappa shape index (κ1) is 52.6. The van der Waals surface area contributed by atoms with Crippen LogP contribution in [0, 0.1) is 0 Å². The smallest absolute Gasteiger partial charge is 0.306 e. The highest BCUT2D eigenvalue weighted by Gasteiger charge is 2.24. The minimum absolute atomic E-state index is 0.0725. The Balaban J connectivity index is 4.45. The minimum Gasteiger partial charge on any atom is -0.462 e. The van der Waals surface area contributed by atoms with Crippen molar-refractivity contribution in [3.05, 3.63) is 12.2 Å². The zero-order chi connectivity index (χ0) is 39.6. The Morgan fingerprint density at radius 2 is 0.907 bits per heavy atom. The van der Waals surface area contributed by atoms with Gasteiger partial charge in [-0.2, -0.15) is 0 Å². The van der Waals surface area contributed by atoms with Gasteiger partial charge in [0.15, 0.2) is 0 Å². The van der Waals surface area contributed by atoms with Gasteiger partial charge in [0.25, 0.3) is 0 Å². The van der Waals surface area contributed by atoms with E-state index >= 15 is 0 Å². The third-order valence-corrected chi connectivity index (χ3v) is 11.1. The Morgan fingerprint density at radius 1 is 0.519 bits per heavy atom. The lowest BCUT2D eigenvalue weighted by Crippen LogP contribution is -2.46. The predicted molar refractivity (Wildman–Crippen MR) is 232 cm³/mol. The number of esters is 1. The van der Waals surface area contributed by atoms with Crippen molar-refractivity contribution in [2.75, 3.05) is 6.61 Å². The van der Waals surface area contributed by atoms with Gasteiger partial charge in [0.05, 0.1) is 25.2 Å². The number of ether oxygens (including phenoxy) is 1. The molecule has 0 aliphatic rings. The molecule has 0 fully saturated rings. The molecule has 0 rings (SSSR count). The van der Waals surface area contributed by atoms with Crippen LogP contribution in [0.1, 0.15) is 258 Å². The van der Waals surface area contributed by atoms with Crippen LogP contribution >= 0.6 is 0 Å². The summed E-state index contributed by atoms with van der Waals surface area (Å²) in [6, 6.07) is -0.698. The number of hydrogen-bond acceptors (Lipinski definition) is 5. The van der Waals surface area contributed by atoms with Gasteiger partial charge in [-0.25, -0.2) is 0 Å². The van der Waals surface area contributed by atoms with Crippen molar-refractivity contribution < 1.29 is 24.5 Å². The second kappa shape index (κ2) is 42.7. The van der Waals surface area contributed by atoms with Crippen molar-refractivity contribution in [1.82, 2.24) is 5.32 Å². The van der Waals surface area contributed by atoms with Gasteiger partial charge < -0.3 is 20.3 Å². The molecule has 6 heteroatoms. The van der Waals surface area contributed by atoms with Crippen LogP contribution < -0.4 is 5.32 Å². The number of hydrogen-bond donors (Lipinski definition) is 3. The number of unbranched alkanes of at least 4 members (excludes halogenated alkanes) is 29. The van der Waals surface area contributed by atoms with Gasteiger partial charge in [-0.1, -0.05) is 213 Å². The molecular weight excluding hydrogens is 671 g/mol. The maximum Gasteiger partial charge on any atom is 0.306 e. The summed E-state index contributed by atoms with van der Waals surface area (Å²) >= 11 is 0. The lowest BCUT2D eigenvalue weighted by molar-refractivity contribution is -0.151. The van der Waals surface area contributed by atoms with Gasteiger partial charge in [-0.05, 0) is 44.9 Å². The molecule has 0 heterocycles. The normalized spacial score (nSPS) is 13.4. The van der Waals surface area contributed by atoms with Gasteiger partial charge in [0, 0.05) is 6.42 Å². The minimum atomic E-state index is -0.784. The van der Waals surface area contributed by atoms with Crippen LogP contribution in [0.4, 0.5) is 0 Å². The second-order valence-electron chi connectivity index (χ2n) is 16.5. The Kier molecular flexibility index (Phi) is 41.6. The lowest BCUT2D eigenvalue weighted by Gasteiger charge is -2.24. The van der Waals surface area contributed by atoms with Crippen LogP contribution in [-0.2, 0) is 14.3 Å². The van der Waals surface area contributed by atoms with E-state index in [1.807, 2.05) is 0 Å². The number of allylic oxidation sites excluding steroid dienone is 2. The average molecular weight is 764 g/mol. The van der Waals surface area contributed by atoms with E-state index in [1.165, 1.54) is 148 Å². The van der Waals surface area contributed by atoms with Gasteiger partial charge in [-0.3, -0.25) is 9.59 Å². The van der Waals surface area contributed by atoms with Gasteiger partial charge in [-0.15, -0.1) is 0 Å². The Labute approximate surface area is 336 Å². The summed E-state index contributed by atoms with van der Waals surface area (Å²) in [5.41, 5.74) is 0. The Hall–Kier alpha value is -1.40. The van der Waals surface area contributed by atoms with E-state index in [9.17, 15) is 19.8 Å². The van der Waals surface area contributed by atoms with Gasteiger partial charge >= 0.3 is 5.97 Å². The highest BCUT2D eigenvalue weighted by molar-refractivity contribution is 5.77. The predicted octanol–water partition coefficient (Wildman–Crippen LogP) is 13.8. The van der Waals surface area contributed by atoms with Crippen LogP contribution in [0.3, 0.4) is 0 Å². The van der Waals surface area contributed by atoms with Crippen molar-refractivity contribution in [2.24, 2.45) is 0 Å². The number of rotatable bonds is 43. The zero-order valence-corrected chi connectivity index (χ0v) is 36.4. The molecule has 320 valence electrons. The van der Waals surface area contributed by atoms with E-state index in [0.29, 0.717) is 19.3 Å². The molecule has 0 saturated heterocycles. The van der Waals surface area contributed by atoms with Crippen LogP contribution in [0.15, 0.2) is 12.2 Å². The first-order chi connectivity index (χ1) is 26.5. The largest absolute Gasteiger partial charge is 0.462 e. The number of carbonyl (C=O) groups excluding carboxylic acids is 2. The molecule has 0 saturated carbocycles. The quantitative estimate of drug-likeness (QED) is 0.0326. The molecule has 3 atom stereocenters. The molecule has 6 nitrogen and oxygen atoms in total. The van der Waals surface area contributed by atoms with E-state index in [1.54, 1.807) is 0 Å². The molecule has 0 aromatic heterocycles. The number of aliphatic hydroxyl groups excluding tert-OH is 2. The number of carbonyl (C=O) groups is 2. The van der Waals surface area contributed by atoms with Crippen molar-refractivity contribution in [1.29, 1.82) is 0 Å². The maximum atomic E-state index is 13.1. The number of aliphatic hydroxyl groups is 2. The third-order valence-electron chi connectivity index (χ3n) is 11.1. The molecule has 0 spiro atoms. The SMILES string of the molecule is CCCC/C=C\CCCCCC(CC(=O)NC(CO)C(O)CCCCCCCCCCCCCCCCC)OC(=O)CCCCCCCCCCCCC. The van der Waals surface area contributed by atoms with Crippen LogP contribution in [-0.4, -0.2) is 46.9 Å². The molecule has 0 aromatic carbocycles. The van der Waals surface area contributed by atoms with Crippen LogP contribution in [0.5, 0.6) is 0 Å². The fourth-order valence-corrected chi connectivity index (χ4v) is 7.41. The van der Waals surface area contributed by atoms with E-state index in [-0.39, 0.29) is 24.9 Å². The van der Waals surface area contributed by atoms with Crippen molar-refractivity contribution in [3.8, 4) is 0 Å². The zero-order valence-electron chi connectivity index (χ0n) is 36.4. The molecule has 0 aromatic rings. The topological polar surface area (TPSA) is 95.9 Å². The first-order valence-electron chi connectivity index (χ1n) is 23.9.